The average Bonchev–Trinajstić information content (AvgIpc) is 2.87. The number of aliphatic hydroxyl groups excluding tert-OH is 1. The van der Waals surface area contributed by atoms with Crippen molar-refractivity contribution in [1.29, 1.82) is 5.26 Å². The van der Waals surface area contributed by atoms with Gasteiger partial charge >= 0.3 is 0 Å². The zero-order valence-electron chi connectivity index (χ0n) is 10.6. The second-order valence-electron chi connectivity index (χ2n) is 4.81. The van der Waals surface area contributed by atoms with Gasteiger partial charge in [-0.1, -0.05) is 0 Å². The number of aliphatic hydroxyl groups is 1. The number of nitro benzene ring substituents is 1. The summed E-state index contributed by atoms with van der Waals surface area (Å²) in [6.45, 7) is 3.20. The Morgan fingerprint density at radius 1 is 1.63 bits per heavy atom. The van der Waals surface area contributed by atoms with Crippen molar-refractivity contribution in [3.8, 4) is 6.07 Å². The normalized spacial score (nSPS) is 20.1. The van der Waals surface area contributed by atoms with E-state index in [-0.39, 0.29) is 23.3 Å². The van der Waals surface area contributed by atoms with E-state index in [4.69, 9.17) is 5.26 Å². The van der Waals surface area contributed by atoms with Gasteiger partial charge in [0.15, 0.2) is 0 Å². The van der Waals surface area contributed by atoms with Crippen LogP contribution in [0.25, 0.3) is 0 Å². The zero-order valence-corrected chi connectivity index (χ0v) is 10.6. The van der Waals surface area contributed by atoms with Gasteiger partial charge in [0.2, 0.25) is 0 Å². The summed E-state index contributed by atoms with van der Waals surface area (Å²) >= 11 is 0. The Balaban J connectivity index is 2.25. The quantitative estimate of drug-likeness (QED) is 0.660. The molecule has 1 aliphatic rings. The summed E-state index contributed by atoms with van der Waals surface area (Å²) in [6.07, 6.45) is 0.490. The molecule has 1 aromatic rings. The third-order valence-corrected chi connectivity index (χ3v) is 3.57. The van der Waals surface area contributed by atoms with Crippen LogP contribution in [-0.4, -0.2) is 29.2 Å². The van der Waals surface area contributed by atoms with Crippen molar-refractivity contribution in [2.45, 2.75) is 19.4 Å². The van der Waals surface area contributed by atoms with Crippen LogP contribution < -0.4 is 4.90 Å². The van der Waals surface area contributed by atoms with Gasteiger partial charge in [0.25, 0.3) is 5.69 Å². The van der Waals surface area contributed by atoms with E-state index in [0.717, 1.165) is 18.7 Å². The molecule has 6 nitrogen and oxygen atoms in total. The first-order chi connectivity index (χ1) is 9.02. The fraction of sp³-hybridized carbons (Fsp3) is 0.462. The molecule has 1 fully saturated rings. The lowest BCUT2D eigenvalue weighted by Gasteiger charge is -2.19. The Kier molecular flexibility index (Phi) is 3.67. The highest BCUT2D eigenvalue weighted by Crippen LogP contribution is 2.30. The van der Waals surface area contributed by atoms with Gasteiger partial charge in [-0.05, 0) is 25.5 Å². The molecule has 0 bridgehead atoms. The minimum Gasteiger partial charge on any atom is -0.393 e. The molecule has 0 amide bonds. The van der Waals surface area contributed by atoms with Gasteiger partial charge in [0.1, 0.15) is 11.6 Å². The summed E-state index contributed by atoms with van der Waals surface area (Å²) in [7, 11) is 0. The standard InChI is InChI=1S/C13H15N3O3/c1-9(17)11-4-5-15(8-11)12-3-2-10(7-14)13(6-12)16(18)19/h2-3,6,9,11,17H,4-5,8H2,1H3. The van der Waals surface area contributed by atoms with Crippen LogP contribution in [0.2, 0.25) is 0 Å². The molecule has 0 radical (unpaired) electrons. The van der Waals surface area contributed by atoms with Crippen molar-refractivity contribution >= 4 is 11.4 Å². The molecule has 0 aromatic heterocycles. The predicted molar refractivity (Wildman–Crippen MR) is 69.8 cm³/mol. The summed E-state index contributed by atoms with van der Waals surface area (Å²) in [5.74, 6) is 0.190. The molecular formula is C13H15N3O3. The average molecular weight is 261 g/mol. The van der Waals surface area contributed by atoms with E-state index >= 15 is 0 Å². The molecule has 100 valence electrons. The van der Waals surface area contributed by atoms with Crippen LogP contribution in [0.1, 0.15) is 18.9 Å². The highest BCUT2D eigenvalue weighted by atomic mass is 16.6. The maximum absolute atomic E-state index is 10.9. The van der Waals surface area contributed by atoms with E-state index in [2.05, 4.69) is 0 Å². The van der Waals surface area contributed by atoms with E-state index < -0.39 is 4.92 Å². The van der Waals surface area contributed by atoms with Crippen molar-refractivity contribution in [1.82, 2.24) is 0 Å². The largest absolute Gasteiger partial charge is 0.393 e. The zero-order chi connectivity index (χ0) is 14.0. The van der Waals surface area contributed by atoms with Crippen LogP contribution in [0, 0.1) is 27.4 Å². The highest BCUT2D eigenvalue weighted by molar-refractivity contribution is 5.60. The number of rotatable bonds is 3. The van der Waals surface area contributed by atoms with Gasteiger partial charge < -0.3 is 10.0 Å². The highest BCUT2D eigenvalue weighted by Gasteiger charge is 2.27. The fourth-order valence-electron chi connectivity index (χ4n) is 2.38. The van der Waals surface area contributed by atoms with Crippen molar-refractivity contribution in [3.63, 3.8) is 0 Å². The molecule has 0 saturated carbocycles. The van der Waals surface area contributed by atoms with E-state index in [9.17, 15) is 15.2 Å². The molecule has 6 heteroatoms. The van der Waals surface area contributed by atoms with Crippen LogP contribution in [0.15, 0.2) is 18.2 Å². The van der Waals surface area contributed by atoms with Gasteiger partial charge in [-0.2, -0.15) is 5.26 Å². The van der Waals surface area contributed by atoms with E-state index in [1.54, 1.807) is 13.0 Å². The molecule has 2 atom stereocenters. The lowest BCUT2D eigenvalue weighted by molar-refractivity contribution is -0.385. The molecule has 1 N–H and O–H groups in total. The predicted octanol–water partition coefficient (Wildman–Crippen LogP) is 1.67. The van der Waals surface area contributed by atoms with Crippen molar-refractivity contribution < 1.29 is 10.0 Å². The lowest BCUT2D eigenvalue weighted by Crippen LogP contribution is -2.23. The first-order valence-corrected chi connectivity index (χ1v) is 6.14. The molecule has 1 saturated heterocycles. The van der Waals surface area contributed by atoms with Crippen LogP contribution in [0.3, 0.4) is 0 Å². The number of hydrogen-bond acceptors (Lipinski definition) is 5. The van der Waals surface area contributed by atoms with Crippen molar-refractivity contribution in [3.05, 3.63) is 33.9 Å². The minimum atomic E-state index is -0.537. The summed E-state index contributed by atoms with van der Waals surface area (Å²) in [5.41, 5.74) is 0.634. The fourth-order valence-corrected chi connectivity index (χ4v) is 2.38. The number of hydrogen-bond donors (Lipinski definition) is 1. The smallest absolute Gasteiger partial charge is 0.289 e. The summed E-state index contributed by atoms with van der Waals surface area (Å²) in [6, 6.07) is 6.45. The number of nitriles is 1. The summed E-state index contributed by atoms with van der Waals surface area (Å²) in [5, 5.41) is 29.3. The Bertz CT molecular complexity index is 536. The first kappa shape index (κ1) is 13.3. The number of nitrogens with zero attached hydrogens (tertiary/aromatic N) is 3. The van der Waals surface area contributed by atoms with E-state index in [1.807, 2.05) is 11.0 Å². The van der Waals surface area contributed by atoms with Crippen LogP contribution >= 0.6 is 0 Å². The molecule has 19 heavy (non-hydrogen) atoms. The maximum Gasteiger partial charge on any atom is 0.289 e. The second kappa shape index (κ2) is 5.24. The lowest BCUT2D eigenvalue weighted by atomic mass is 10.0. The Morgan fingerprint density at radius 2 is 2.37 bits per heavy atom. The molecule has 0 aliphatic carbocycles. The Labute approximate surface area is 111 Å². The summed E-state index contributed by atoms with van der Waals surface area (Å²) in [4.78, 5) is 12.4. The summed E-state index contributed by atoms with van der Waals surface area (Å²) < 4.78 is 0. The van der Waals surface area contributed by atoms with Crippen LogP contribution in [-0.2, 0) is 0 Å². The third kappa shape index (κ3) is 2.66. The molecule has 1 heterocycles. The number of anilines is 1. The van der Waals surface area contributed by atoms with Crippen molar-refractivity contribution in [2.24, 2.45) is 5.92 Å². The molecule has 0 spiro atoms. The molecule has 2 rings (SSSR count). The topological polar surface area (TPSA) is 90.4 Å². The Morgan fingerprint density at radius 3 is 2.89 bits per heavy atom. The Hall–Kier alpha value is -2.13. The molecular weight excluding hydrogens is 246 g/mol. The van der Waals surface area contributed by atoms with Crippen molar-refractivity contribution in [2.75, 3.05) is 18.0 Å². The van der Waals surface area contributed by atoms with E-state index in [0.29, 0.717) is 6.54 Å². The number of benzene rings is 1. The van der Waals surface area contributed by atoms with Gasteiger partial charge in [-0.25, -0.2) is 0 Å². The second-order valence-corrected chi connectivity index (χ2v) is 4.81. The monoisotopic (exact) mass is 261 g/mol. The minimum absolute atomic E-state index is 0.0695. The van der Waals surface area contributed by atoms with Gasteiger partial charge in [0.05, 0.1) is 11.0 Å². The molecule has 1 aromatic carbocycles. The number of nitro groups is 1. The van der Waals surface area contributed by atoms with Gasteiger partial charge in [-0.3, -0.25) is 10.1 Å². The maximum atomic E-state index is 10.9. The third-order valence-electron chi connectivity index (χ3n) is 3.57. The van der Waals surface area contributed by atoms with Crippen LogP contribution in [0.4, 0.5) is 11.4 Å². The van der Waals surface area contributed by atoms with Gasteiger partial charge in [-0.15, -0.1) is 0 Å². The van der Waals surface area contributed by atoms with Crippen LogP contribution in [0.5, 0.6) is 0 Å². The first-order valence-electron chi connectivity index (χ1n) is 6.14. The molecule has 2 unspecified atom stereocenters. The SMILES string of the molecule is CC(O)C1CCN(c2ccc(C#N)c([N+](=O)[O-])c2)C1. The van der Waals surface area contributed by atoms with E-state index in [1.165, 1.54) is 12.1 Å². The molecule has 1 aliphatic heterocycles. The van der Waals surface area contributed by atoms with Gasteiger partial charge in [0, 0.05) is 30.8 Å².